The summed E-state index contributed by atoms with van der Waals surface area (Å²) in [5.41, 5.74) is 0.826. The molecule has 0 unspecified atom stereocenters. The Morgan fingerprint density at radius 2 is 1.70 bits per heavy atom. The van der Waals surface area contributed by atoms with E-state index in [-0.39, 0.29) is 0 Å². The van der Waals surface area contributed by atoms with Gasteiger partial charge in [-0.3, -0.25) is 5.92 Å². The number of hydrogen-bond acceptors (Lipinski definition) is 0. The van der Waals surface area contributed by atoms with Crippen LogP contribution in [0.4, 0.5) is 0 Å². The molecule has 0 N–H and O–H groups in total. The Labute approximate surface area is 73.6 Å². The van der Waals surface area contributed by atoms with Crippen molar-refractivity contribution < 1.29 is 15.1 Å². The van der Waals surface area contributed by atoms with Crippen molar-refractivity contribution in [3.8, 4) is 5.92 Å². The number of halogens is 1. The van der Waals surface area contributed by atoms with Gasteiger partial charge in [0.05, 0.1) is 0 Å². The minimum atomic E-state index is 0.826. The molecule has 0 radical (unpaired) electrons. The molecule has 0 aliphatic carbocycles. The van der Waals surface area contributed by atoms with Gasteiger partial charge in [0, 0.05) is 0 Å². The number of benzene rings is 1. The van der Waals surface area contributed by atoms with Gasteiger partial charge in [0.2, 0.25) is 0 Å². The summed E-state index contributed by atoms with van der Waals surface area (Å²) >= 11 is 3.66. The Morgan fingerprint density at radius 3 is 2.00 bits per heavy atom. The van der Waals surface area contributed by atoms with Crippen molar-refractivity contribution in [2.75, 3.05) is 0 Å². The molecule has 1 rings (SSSR count). The monoisotopic (exact) mass is 199 g/mol. The standard InChI is InChI=1S/C8H5.ClH.Cu/c1-2-8-6-4-3-5-7-8;;/h3-7H;1H;/q-1;;+2/p-1. The SMILES string of the molecule is [C-]#Cc1ccccc1.[Cl][Cu+]. The van der Waals surface area contributed by atoms with E-state index < -0.39 is 0 Å². The zero-order valence-electron chi connectivity index (χ0n) is 5.07. The molecule has 0 fully saturated rings. The predicted molar refractivity (Wildman–Crippen MR) is 38.5 cm³/mol. The van der Waals surface area contributed by atoms with Gasteiger partial charge in [-0.05, 0) is 0 Å². The fourth-order valence-corrected chi connectivity index (χ4v) is 0.521. The molecule has 0 atom stereocenters. The molecule has 0 saturated heterocycles. The van der Waals surface area contributed by atoms with Gasteiger partial charge >= 0.3 is 25.2 Å². The van der Waals surface area contributed by atoms with E-state index in [1.54, 1.807) is 0 Å². The topological polar surface area (TPSA) is 0 Å². The Kier molecular flexibility index (Phi) is 6.43. The second kappa shape index (κ2) is 6.71. The third-order valence-corrected chi connectivity index (χ3v) is 0.918. The minimum absolute atomic E-state index is 0.826. The summed E-state index contributed by atoms with van der Waals surface area (Å²) in [7, 11) is 4.20. The molecule has 0 amide bonds. The fourth-order valence-electron chi connectivity index (χ4n) is 0.521. The zero-order chi connectivity index (χ0) is 7.82. The first-order valence-corrected chi connectivity index (χ1v) is 3.82. The van der Waals surface area contributed by atoms with E-state index in [0.717, 1.165) is 5.56 Å². The summed E-state index contributed by atoms with van der Waals surface area (Å²) < 4.78 is 0. The molecular formula is C8H5ClCu. The Bertz CT molecular complexity index is 200. The third kappa shape index (κ3) is 3.58. The van der Waals surface area contributed by atoms with Crippen LogP contribution >= 0.6 is 10.1 Å². The van der Waals surface area contributed by atoms with Gasteiger partial charge in [0.15, 0.2) is 0 Å². The van der Waals surface area contributed by atoms with Gasteiger partial charge in [0.25, 0.3) is 0 Å². The predicted octanol–water partition coefficient (Wildman–Crippen LogP) is 2.31. The van der Waals surface area contributed by atoms with Crippen LogP contribution in [0, 0.1) is 12.3 Å². The van der Waals surface area contributed by atoms with Crippen molar-refractivity contribution in [2.45, 2.75) is 0 Å². The second-order valence-corrected chi connectivity index (χ2v) is 1.49. The molecule has 0 aromatic heterocycles. The summed E-state index contributed by atoms with van der Waals surface area (Å²) in [5, 5.41) is 0. The van der Waals surface area contributed by atoms with Gasteiger partial charge in [-0.15, -0.1) is 17.7 Å². The van der Waals surface area contributed by atoms with E-state index in [1.807, 2.05) is 30.3 Å². The van der Waals surface area contributed by atoms with Crippen molar-refractivity contribution >= 4 is 10.1 Å². The molecule has 1 aromatic rings. The summed E-state index contributed by atoms with van der Waals surface area (Å²) in [6, 6.07) is 9.37. The fraction of sp³-hybridized carbons (Fsp3) is 0. The molecule has 55 valence electrons. The Hall–Kier alpha value is -0.411. The van der Waals surface area contributed by atoms with Crippen molar-refractivity contribution in [1.82, 2.24) is 0 Å². The normalized spacial score (nSPS) is 7.00. The summed E-state index contributed by atoms with van der Waals surface area (Å²) in [4.78, 5) is 0. The molecule has 0 spiro atoms. The Balaban J connectivity index is 0.000000371. The number of hydrogen-bond donors (Lipinski definition) is 0. The van der Waals surface area contributed by atoms with Crippen LogP contribution in [0.25, 0.3) is 0 Å². The van der Waals surface area contributed by atoms with Crippen LogP contribution < -0.4 is 0 Å². The van der Waals surface area contributed by atoms with Crippen LogP contribution in [0.2, 0.25) is 0 Å². The summed E-state index contributed by atoms with van der Waals surface area (Å²) in [6.07, 6.45) is 6.69. The van der Waals surface area contributed by atoms with Gasteiger partial charge in [0.1, 0.15) is 0 Å². The van der Waals surface area contributed by atoms with E-state index in [9.17, 15) is 0 Å². The van der Waals surface area contributed by atoms with Crippen molar-refractivity contribution in [3.05, 3.63) is 42.3 Å². The van der Waals surface area contributed by atoms with Crippen LogP contribution in [0.3, 0.4) is 0 Å². The molecule has 2 heteroatoms. The molecular weight excluding hydrogens is 195 g/mol. The van der Waals surface area contributed by atoms with E-state index in [0.29, 0.717) is 0 Å². The average Bonchev–Trinajstić information content (AvgIpc) is 2.10. The molecule has 0 saturated carbocycles. The van der Waals surface area contributed by atoms with Crippen LogP contribution in [-0.2, 0) is 15.1 Å². The Morgan fingerprint density at radius 1 is 1.20 bits per heavy atom. The summed E-state index contributed by atoms with van der Waals surface area (Å²) in [5.74, 6) is 2.28. The van der Waals surface area contributed by atoms with Crippen LogP contribution in [0.5, 0.6) is 0 Å². The van der Waals surface area contributed by atoms with Crippen LogP contribution in [-0.4, -0.2) is 0 Å². The molecule has 0 aliphatic heterocycles. The van der Waals surface area contributed by atoms with Crippen LogP contribution in [0.1, 0.15) is 5.56 Å². The second-order valence-electron chi connectivity index (χ2n) is 1.49. The first-order valence-electron chi connectivity index (χ1n) is 2.52. The van der Waals surface area contributed by atoms with Gasteiger partial charge in [-0.1, -0.05) is 18.2 Å². The van der Waals surface area contributed by atoms with Gasteiger partial charge < -0.3 is 6.42 Å². The van der Waals surface area contributed by atoms with E-state index in [4.69, 9.17) is 6.42 Å². The maximum atomic E-state index is 6.69. The van der Waals surface area contributed by atoms with Gasteiger partial charge in [-0.2, -0.15) is 0 Å². The van der Waals surface area contributed by atoms with E-state index >= 15 is 0 Å². The zero-order valence-corrected chi connectivity index (χ0v) is 6.76. The molecule has 10 heavy (non-hydrogen) atoms. The first-order chi connectivity index (χ1) is 4.93. The van der Waals surface area contributed by atoms with E-state index in [1.165, 1.54) is 0 Å². The van der Waals surface area contributed by atoms with Crippen molar-refractivity contribution in [2.24, 2.45) is 0 Å². The number of rotatable bonds is 0. The van der Waals surface area contributed by atoms with Gasteiger partial charge in [-0.25, -0.2) is 0 Å². The molecule has 0 heterocycles. The van der Waals surface area contributed by atoms with Crippen molar-refractivity contribution in [3.63, 3.8) is 0 Å². The third-order valence-electron chi connectivity index (χ3n) is 0.918. The summed E-state index contributed by atoms with van der Waals surface area (Å²) in [6.45, 7) is 0. The molecule has 0 bridgehead atoms. The molecule has 0 nitrogen and oxygen atoms in total. The van der Waals surface area contributed by atoms with Crippen molar-refractivity contribution in [1.29, 1.82) is 0 Å². The maximum absolute atomic E-state index is 6.69. The van der Waals surface area contributed by atoms with E-state index in [2.05, 4.69) is 31.1 Å². The van der Waals surface area contributed by atoms with Crippen LogP contribution in [0.15, 0.2) is 30.3 Å². The molecule has 0 aliphatic rings. The quantitative estimate of drug-likeness (QED) is 0.342. The first kappa shape index (κ1) is 9.59. The molecule has 1 aromatic carbocycles. The average molecular weight is 200 g/mol.